The van der Waals surface area contributed by atoms with E-state index in [0.717, 1.165) is 36.7 Å². The minimum atomic E-state index is -0.0375. The summed E-state index contributed by atoms with van der Waals surface area (Å²) in [4.78, 5) is 9.26. The molecule has 0 aliphatic rings. The van der Waals surface area contributed by atoms with Crippen LogP contribution in [0.1, 0.15) is 65.1 Å². The monoisotopic (exact) mass is 265 g/mol. The maximum Gasteiger partial charge on any atom is 0.159 e. The van der Waals surface area contributed by atoms with Gasteiger partial charge in [-0.3, -0.25) is 0 Å². The maximum atomic E-state index is 5.46. The van der Waals surface area contributed by atoms with E-state index in [0.29, 0.717) is 0 Å². The summed E-state index contributed by atoms with van der Waals surface area (Å²) in [5.74, 6) is 1.67. The van der Waals surface area contributed by atoms with Gasteiger partial charge in [0.1, 0.15) is 11.9 Å². The van der Waals surface area contributed by atoms with Crippen molar-refractivity contribution in [3.63, 3.8) is 0 Å². The summed E-state index contributed by atoms with van der Waals surface area (Å²) in [5, 5.41) is 3.34. The van der Waals surface area contributed by atoms with Gasteiger partial charge in [0, 0.05) is 25.1 Å². The molecule has 0 saturated carbocycles. The standard InChI is InChI=1S/C15H27N3O/c1-7-9-16-13-10-12(15(3,4)5)17-14(18-13)11(8-2)19-6/h10-11H,7-9H2,1-6H3,(H,16,17,18). The molecule has 1 aromatic rings. The molecule has 19 heavy (non-hydrogen) atoms. The molecule has 1 aromatic heterocycles. The highest BCUT2D eigenvalue weighted by Crippen LogP contribution is 2.25. The van der Waals surface area contributed by atoms with Crippen LogP contribution in [0.5, 0.6) is 0 Å². The molecule has 0 amide bonds. The fraction of sp³-hybridized carbons (Fsp3) is 0.733. The minimum absolute atomic E-state index is 0.00632. The third-order valence-electron chi connectivity index (χ3n) is 3.01. The topological polar surface area (TPSA) is 47.0 Å². The lowest BCUT2D eigenvalue weighted by atomic mass is 9.92. The van der Waals surface area contributed by atoms with E-state index in [1.165, 1.54) is 0 Å². The highest BCUT2D eigenvalue weighted by molar-refractivity contribution is 5.38. The van der Waals surface area contributed by atoms with Crippen LogP contribution < -0.4 is 5.32 Å². The highest BCUT2D eigenvalue weighted by Gasteiger charge is 2.20. The number of methoxy groups -OCH3 is 1. The number of hydrogen-bond donors (Lipinski definition) is 1. The van der Waals surface area contributed by atoms with Gasteiger partial charge in [-0.05, 0) is 12.8 Å². The van der Waals surface area contributed by atoms with Crippen molar-refractivity contribution < 1.29 is 4.74 Å². The molecule has 0 saturated heterocycles. The molecule has 1 atom stereocenters. The van der Waals surface area contributed by atoms with Crippen LogP contribution in [-0.2, 0) is 10.2 Å². The average molecular weight is 265 g/mol. The van der Waals surface area contributed by atoms with Gasteiger partial charge in [-0.1, -0.05) is 34.6 Å². The summed E-state index contributed by atoms with van der Waals surface area (Å²) >= 11 is 0. The van der Waals surface area contributed by atoms with Crippen LogP contribution in [0.3, 0.4) is 0 Å². The van der Waals surface area contributed by atoms with Gasteiger partial charge in [0.15, 0.2) is 5.82 Å². The number of rotatable bonds is 6. The highest BCUT2D eigenvalue weighted by atomic mass is 16.5. The zero-order valence-electron chi connectivity index (χ0n) is 13.1. The largest absolute Gasteiger partial charge is 0.373 e. The summed E-state index contributed by atoms with van der Waals surface area (Å²) in [6.45, 7) is 11.6. The lowest BCUT2D eigenvalue weighted by molar-refractivity contribution is 0.0923. The Morgan fingerprint density at radius 1 is 1.26 bits per heavy atom. The van der Waals surface area contributed by atoms with Crippen molar-refractivity contribution in [3.05, 3.63) is 17.6 Å². The van der Waals surface area contributed by atoms with Crippen molar-refractivity contribution in [1.82, 2.24) is 9.97 Å². The van der Waals surface area contributed by atoms with E-state index in [1.54, 1.807) is 7.11 Å². The molecule has 1 N–H and O–H groups in total. The molecule has 0 fully saturated rings. The van der Waals surface area contributed by atoms with Crippen molar-refractivity contribution in [2.75, 3.05) is 19.0 Å². The molecular weight excluding hydrogens is 238 g/mol. The van der Waals surface area contributed by atoms with E-state index in [2.05, 4.69) is 49.9 Å². The molecule has 1 rings (SSSR count). The molecule has 0 aliphatic carbocycles. The summed E-state index contributed by atoms with van der Waals surface area (Å²) in [5.41, 5.74) is 1.05. The molecule has 4 heteroatoms. The second-order valence-electron chi connectivity index (χ2n) is 5.81. The van der Waals surface area contributed by atoms with Crippen LogP contribution in [0.25, 0.3) is 0 Å². The average Bonchev–Trinajstić information content (AvgIpc) is 2.36. The van der Waals surface area contributed by atoms with E-state index >= 15 is 0 Å². The first-order chi connectivity index (χ1) is 8.92. The maximum absolute atomic E-state index is 5.46. The number of nitrogens with one attached hydrogen (secondary N) is 1. The van der Waals surface area contributed by atoms with E-state index in [1.807, 2.05) is 6.07 Å². The SMILES string of the molecule is CCCNc1cc(C(C)(C)C)nc(C(CC)OC)n1. The Morgan fingerprint density at radius 3 is 2.42 bits per heavy atom. The van der Waals surface area contributed by atoms with Gasteiger partial charge < -0.3 is 10.1 Å². The fourth-order valence-electron chi connectivity index (χ4n) is 1.79. The first-order valence-corrected chi connectivity index (χ1v) is 7.08. The Kier molecular flexibility index (Phi) is 5.73. The number of ether oxygens (including phenoxy) is 1. The zero-order chi connectivity index (χ0) is 14.5. The Morgan fingerprint density at radius 2 is 1.95 bits per heavy atom. The van der Waals surface area contributed by atoms with Crippen LogP contribution in [0.2, 0.25) is 0 Å². The zero-order valence-corrected chi connectivity index (χ0v) is 13.1. The van der Waals surface area contributed by atoms with Gasteiger partial charge >= 0.3 is 0 Å². The van der Waals surface area contributed by atoms with Gasteiger partial charge in [0.2, 0.25) is 0 Å². The van der Waals surface area contributed by atoms with Crippen molar-refractivity contribution >= 4 is 5.82 Å². The van der Waals surface area contributed by atoms with Crippen LogP contribution in [0.4, 0.5) is 5.82 Å². The number of nitrogens with zero attached hydrogens (tertiary/aromatic N) is 2. The molecule has 0 aliphatic heterocycles. The second-order valence-corrected chi connectivity index (χ2v) is 5.81. The third-order valence-corrected chi connectivity index (χ3v) is 3.01. The van der Waals surface area contributed by atoms with Crippen molar-refractivity contribution in [2.24, 2.45) is 0 Å². The van der Waals surface area contributed by atoms with Crippen molar-refractivity contribution in [3.8, 4) is 0 Å². The summed E-state index contributed by atoms with van der Waals surface area (Å²) < 4.78 is 5.46. The first kappa shape index (κ1) is 15.9. The summed E-state index contributed by atoms with van der Waals surface area (Å²) in [6, 6.07) is 2.04. The lowest BCUT2D eigenvalue weighted by Gasteiger charge is -2.21. The van der Waals surface area contributed by atoms with Crippen LogP contribution in [0.15, 0.2) is 6.07 Å². The minimum Gasteiger partial charge on any atom is -0.373 e. The van der Waals surface area contributed by atoms with Gasteiger partial charge in [-0.25, -0.2) is 9.97 Å². The Bertz CT molecular complexity index is 395. The van der Waals surface area contributed by atoms with E-state index < -0.39 is 0 Å². The molecule has 4 nitrogen and oxygen atoms in total. The predicted molar refractivity (Wildman–Crippen MR) is 79.6 cm³/mol. The molecule has 0 spiro atoms. The van der Waals surface area contributed by atoms with E-state index in [4.69, 9.17) is 4.74 Å². The van der Waals surface area contributed by atoms with Crippen molar-refractivity contribution in [2.45, 2.75) is 59.0 Å². The predicted octanol–water partition coefficient (Wildman–Crippen LogP) is 3.69. The van der Waals surface area contributed by atoms with E-state index in [-0.39, 0.29) is 11.5 Å². The molecule has 0 bridgehead atoms. The van der Waals surface area contributed by atoms with Gasteiger partial charge in [0.05, 0.1) is 5.69 Å². The molecule has 108 valence electrons. The second kappa shape index (κ2) is 6.85. The molecular formula is C15H27N3O. The lowest BCUT2D eigenvalue weighted by Crippen LogP contribution is -2.18. The van der Waals surface area contributed by atoms with Gasteiger partial charge in [-0.15, -0.1) is 0 Å². The normalized spacial score (nSPS) is 13.4. The summed E-state index contributed by atoms with van der Waals surface area (Å²) in [6.07, 6.45) is 1.91. The number of hydrogen-bond acceptors (Lipinski definition) is 4. The molecule has 0 aromatic carbocycles. The first-order valence-electron chi connectivity index (χ1n) is 7.08. The Balaban J connectivity index is 3.15. The van der Waals surface area contributed by atoms with Gasteiger partial charge in [0.25, 0.3) is 0 Å². The van der Waals surface area contributed by atoms with Crippen molar-refractivity contribution in [1.29, 1.82) is 0 Å². The smallest absolute Gasteiger partial charge is 0.159 e. The third kappa shape index (κ3) is 4.46. The Hall–Kier alpha value is -1.16. The summed E-state index contributed by atoms with van der Waals surface area (Å²) in [7, 11) is 1.71. The van der Waals surface area contributed by atoms with Gasteiger partial charge in [-0.2, -0.15) is 0 Å². The number of aromatic nitrogens is 2. The molecule has 1 heterocycles. The fourth-order valence-corrected chi connectivity index (χ4v) is 1.79. The van der Waals surface area contributed by atoms with E-state index in [9.17, 15) is 0 Å². The van der Waals surface area contributed by atoms with Crippen LogP contribution in [0, 0.1) is 0 Å². The quantitative estimate of drug-likeness (QED) is 0.852. The van der Waals surface area contributed by atoms with Crippen LogP contribution in [-0.4, -0.2) is 23.6 Å². The molecule has 0 radical (unpaired) electrons. The Labute approximate surface area is 117 Å². The number of anilines is 1. The van der Waals surface area contributed by atoms with Crippen LogP contribution >= 0.6 is 0 Å². The molecule has 1 unspecified atom stereocenters.